The van der Waals surface area contributed by atoms with Crippen LogP contribution in [0.4, 0.5) is 11.8 Å². The van der Waals surface area contributed by atoms with Gasteiger partial charge in [0.15, 0.2) is 23.2 Å². The molecule has 0 spiro atoms. The van der Waals surface area contributed by atoms with E-state index in [-0.39, 0.29) is 5.82 Å². The van der Waals surface area contributed by atoms with E-state index in [1.54, 1.807) is 4.57 Å². The van der Waals surface area contributed by atoms with Gasteiger partial charge in [-0.1, -0.05) is 43.2 Å². The highest BCUT2D eigenvalue weighted by atomic mass is 16.6. The molecule has 32 heavy (non-hydrogen) atoms. The van der Waals surface area contributed by atoms with Crippen molar-refractivity contribution in [3.05, 3.63) is 42.2 Å². The van der Waals surface area contributed by atoms with Gasteiger partial charge < -0.3 is 31.1 Å². The molecule has 0 bridgehead atoms. The number of anilines is 2. The number of unbranched alkanes of at least 4 members (excludes halogenated alkanes) is 3. The van der Waals surface area contributed by atoms with E-state index in [9.17, 15) is 15.3 Å². The molecule has 4 atom stereocenters. The van der Waals surface area contributed by atoms with Crippen molar-refractivity contribution in [2.45, 2.75) is 56.6 Å². The van der Waals surface area contributed by atoms with Gasteiger partial charge >= 0.3 is 0 Å². The molecule has 0 amide bonds. The molecule has 10 nitrogen and oxygen atoms in total. The van der Waals surface area contributed by atoms with Crippen molar-refractivity contribution in [3.8, 4) is 0 Å². The van der Waals surface area contributed by atoms with Gasteiger partial charge in [-0.05, 0) is 24.8 Å². The van der Waals surface area contributed by atoms with Crippen LogP contribution in [0.1, 0.15) is 37.5 Å². The van der Waals surface area contributed by atoms with Crippen LogP contribution in [0.15, 0.2) is 36.7 Å². The normalized spacial score (nSPS) is 23.1. The molecule has 0 aliphatic carbocycles. The number of aliphatic hydroxyl groups excluding tert-OH is 3. The number of nitrogens with zero attached hydrogens (tertiary/aromatic N) is 4. The van der Waals surface area contributed by atoms with Gasteiger partial charge in [0, 0.05) is 6.54 Å². The van der Waals surface area contributed by atoms with Crippen molar-refractivity contribution in [1.82, 2.24) is 19.5 Å². The molecule has 1 saturated heterocycles. The minimum Gasteiger partial charge on any atom is -0.394 e. The first-order chi connectivity index (χ1) is 15.6. The van der Waals surface area contributed by atoms with Crippen LogP contribution in [0, 0.1) is 0 Å². The molecule has 3 heterocycles. The highest BCUT2D eigenvalue weighted by molar-refractivity contribution is 5.84. The molecular formula is C22H30N6O4. The van der Waals surface area contributed by atoms with Crippen LogP contribution in [-0.4, -0.2) is 66.3 Å². The number of rotatable bonds is 10. The van der Waals surface area contributed by atoms with Crippen molar-refractivity contribution in [1.29, 1.82) is 0 Å². The van der Waals surface area contributed by atoms with E-state index in [1.807, 2.05) is 6.07 Å². The Morgan fingerprint density at radius 3 is 2.56 bits per heavy atom. The zero-order chi connectivity index (χ0) is 22.5. The number of nitrogen functional groups attached to an aromatic ring is 1. The molecule has 0 radical (unpaired) electrons. The maximum Gasteiger partial charge on any atom is 0.207 e. The summed E-state index contributed by atoms with van der Waals surface area (Å²) >= 11 is 0. The first kappa shape index (κ1) is 22.4. The predicted octanol–water partition coefficient (Wildman–Crippen LogP) is 1.23. The molecule has 3 aromatic rings. The van der Waals surface area contributed by atoms with Crippen LogP contribution < -0.4 is 11.1 Å². The van der Waals surface area contributed by atoms with Crippen LogP contribution in [0.5, 0.6) is 0 Å². The van der Waals surface area contributed by atoms with Crippen molar-refractivity contribution >= 4 is 22.9 Å². The second kappa shape index (κ2) is 10.2. The molecule has 1 fully saturated rings. The highest BCUT2D eigenvalue weighted by Gasteiger charge is 2.45. The van der Waals surface area contributed by atoms with E-state index >= 15 is 0 Å². The lowest BCUT2D eigenvalue weighted by Gasteiger charge is -2.19. The third-order valence-corrected chi connectivity index (χ3v) is 5.80. The minimum atomic E-state index is -1.25. The summed E-state index contributed by atoms with van der Waals surface area (Å²) in [5.74, 6) is 0.635. The quantitative estimate of drug-likeness (QED) is 0.292. The van der Waals surface area contributed by atoms with Gasteiger partial charge in [-0.25, -0.2) is 15.0 Å². The Kier molecular flexibility index (Phi) is 7.15. The van der Waals surface area contributed by atoms with Gasteiger partial charge in [-0.15, -0.1) is 0 Å². The van der Waals surface area contributed by atoms with Crippen molar-refractivity contribution in [2.75, 3.05) is 24.2 Å². The molecule has 0 saturated carbocycles. The lowest BCUT2D eigenvalue weighted by Crippen LogP contribution is -2.33. The molecule has 4 rings (SSSR count). The number of hydrogen-bond donors (Lipinski definition) is 5. The van der Waals surface area contributed by atoms with Crippen LogP contribution in [0.3, 0.4) is 0 Å². The fraction of sp³-hybridized carbons (Fsp3) is 0.500. The standard InChI is InChI=1S/C22H30N6O4/c23-19-16-20(26-13-25-19)28(21-18(31)17(30)15(12-29)32-21)22(27-16)24-11-7-2-1-4-8-14-9-5-3-6-10-14/h3,5-6,9-10,13,15,17-18,21,29-31H,1-2,4,7-8,11-12H2,(H,24,27)(H2,23,25,26)/t15-,17?,18?,21-/m1/s1. The molecule has 2 unspecified atom stereocenters. The number of benzene rings is 1. The number of aliphatic hydroxyl groups is 3. The lowest BCUT2D eigenvalue weighted by atomic mass is 10.1. The van der Waals surface area contributed by atoms with E-state index in [0.29, 0.717) is 23.7 Å². The second-order valence-corrected chi connectivity index (χ2v) is 8.04. The maximum atomic E-state index is 10.5. The minimum absolute atomic E-state index is 0.212. The first-order valence-electron chi connectivity index (χ1n) is 11.0. The van der Waals surface area contributed by atoms with E-state index in [2.05, 4.69) is 44.5 Å². The Balaban J connectivity index is 1.39. The largest absolute Gasteiger partial charge is 0.394 e. The van der Waals surface area contributed by atoms with Crippen molar-refractivity contribution < 1.29 is 20.1 Å². The lowest BCUT2D eigenvalue weighted by molar-refractivity contribution is -0.0501. The Morgan fingerprint density at radius 1 is 1.03 bits per heavy atom. The molecule has 10 heteroatoms. The van der Waals surface area contributed by atoms with E-state index in [1.165, 1.54) is 11.9 Å². The predicted molar refractivity (Wildman–Crippen MR) is 120 cm³/mol. The van der Waals surface area contributed by atoms with E-state index < -0.39 is 31.1 Å². The van der Waals surface area contributed by atoms with E-state index in [0.717, 1.165) is 32.1 Å². The summed E-state index contributed by atoms with van der Waals surface area (Å²) in [5.41, 5.74) is 8.09. The van der Waals surface area contributed by atoms with Gasteiger partial charge in [-0.2, -0.15) is 0 Å². The summed E-state index contributed by atoms with van der Waals surface area (Å²) in [7, 11) is 0. The van der Waals surface area contributed by atoms with Crippen molar-refractivity contribution in [3.63, 3.8) is 0 Å². The monoisotopic (exact) mass is 442 g/mol. The zero-order valence-electron chi connectivity index (χ0n) is 17.8. The third-order valence-electron chi connectivity index (χ3n) is 5.80. The molecule has 1 aliphatic rings. The summed E-state index contributed by atoms with van der Waals surface area (Å²) in [6.07, 6.45) is 2.32. The van der Waals surface area contributed by atoms with Gasteiger partial charge in [0.1, 0.15) is 24.6 Å². The number of aromatic nitrogens is 4. The Labute approximate surface area is 186 Å². The smallest absolute Gasteiger partial charge is 0.207 e. The Bertz CT molecular complexity index is 1010. The summed E-state index contributed by atoms with van der Waals surface area (Å²) in [6, 6.07) is 10.5. The number of imidazole rings is 1. The van der Waals surface area contributed by atoms with Crippen LogP contribution in [-0.2, 0) is 11.2 Å². The fourth-order valence-electron chi connectivity index (χ4n) is 4.04. The van der Waals surface area contributed by atoms with Crippen molar-refractivity contribution in [2.24, 2.45) is 0 Å². The van der Waals surface area contributed by atoms with Gasteiger partial charge in [-0.3, -0.25) is 4.57 Å². The number of aryl methyl sites for hydroxylation is 1. The van der Waals surface area contributed by atoms with Gasteiger partial charge in [0.05, 0.1) is 6.61 Å². The topological polar surface area (TPSA) is 152 Å². The number of nitrogens with two attached hydrogens (primary N) is 1. The average Bonchev–Trinajstić information content (AvgIpc) is 3.31. The summed E-state index contributed by atoms with van der Waals surface area (Å²) in [6.45, 7) is 0.251. The van der Waals surface area contributed by atoms with Crippen LogP contribution in [0.2, 0.25) is 0 Å². The third kappa shape index (κ3) is 4.68. The van der Waals surface area contributed by atoms with Crippen LogP contribution >= 0.6 is 0 Å². The second-order valence-electron chi connectivity index (χ2n) is 8.04. The summed E-state index contributed by atoms with van der Waals surface area (Å²) < 4.78 is 7.28. The fourth-order valence-corrected chi connectivity index (χ4v) is 4.04. The number of fused-ring (bicyclic) bond motifs is 1. The number of nitrogens with one attached hydrogen (secondary N) is 1. The highest BCUT2D eigenvalue weighted by Crippen LogP contribution is 2.35. The maximum absolute atomic E-state index is 10.5. The van der Waals surface area contributed by atoms with Gasteiger partial charge in [0.25, 0.3) is 0 Å². The molecular weight excluding hydrogens is 412 g/mol. The molecule has 1 aliphatic heterocycles. The first-order valence-corrected chi connectivity index (χ1v) is 11.0. The zero-order valence-corrected chi connectivity index (χ0v) is 17.8. The SMILES string of the molecule is Nc1ncnc2c1nc(NCCCCCCc1ccccc1)n2[C@@H]1O[C@H](CO)C(O)C1O. The van der Waals surface area contributed by atoms with E-state index in [4.69, 9.17) is 10.5 Å². The average molecular weight is 443 g/mol. The molecule has 1 aromatic carbocycles. The number of ether oxygens (including phenoxy) is 1. The molecule has 6 N–H and O–H groups in total. The van der Waals surface area contributed by atoms with Gasteiger partial charge in [0.2, 0.25) is 5.95 Å². The Morgan fingerprint density at radius 2 is 1.81 bits per heavy atom. The Hall–Kier alpha value is -2.79. The molecule has 2 aromatic heterocycles. The summed E-state index contributed by atoms with van der Waals surface area (Å²) in [5, 5.41) is 33.4. The summed E-state index contributed by atoms with van der Waals surface area (Å²) in [4.78, 5) is 12.7. The van der Waals surface area contributed by atoms with Crippen LogP contribution in [0.25, 0.3) is 11.2 Å². The number of hydrogen-bond acceptors (Lipinski definition) is 9. The molecule has 172 valence electrons.